The van der Waals surface area contributed by atoms with E-state index in [1.165, 1.54) is 51.7 Å². The molecule has 0 aromatic heterocycles. The van der Waals surface area contributed by atoms with Gasteiger partial charge in [-0.15, -0.1) is 0 Å². The van der Waals surface area contributed by atoms with E-state index in [0.717, 1.165) is 17.9 Å². The molecule has 0 bridgehead atoms. The van der Waals surface area contributed by atoms with Gasteiger partial charge in [0.15, 0.2) is 0 Å². The van der Waals surface area contributed by atoms with Gasteiger partial charge in [-0.3, -0.25) is 0 Å². The first-order valence-electron chi connectivity index (χ1n) is 6.68. The van der Waals surface area contributed by atoms with Crippen LogP contribution in [-0.4, -0.2) is 37.6 Å². The number of nitrogens with one attached hydrogen (secondary N) is 1. The summed E-state index contributed by atoms with van der Waals surface area (Å²) in [5, 5.41) is 3.66. The maximum absolute atomic E-state index is 3.66. The van der Waals surface area contributed by atoms with Crippen LogP contribution in [0.1, 0.15) is 39.0 Å². The number of hydrogen-bond acceptors (Lipinski definition) is 2. The molecule has 2 atom stereocenters. The van der Waals surface area contributed by atoms with E-state index in [2.05, 4.69) is 24.2 Å². The van der Waals surface area contributed by atoms with Crippen molar-refractivity contribution in [3.05, 3.63) is 0 Å². The Labute approximate surface area is 94.4 Å². The van der Waals surface area contributed by atoms with Gasteiger partial charge in [0, 0.05) is 12.6 Å². The first kappa shape index (κ1) is 11.4. The SMILES string of the molecule is CC(CNCC1CCCCN1C)C1CC1. The van der Waals surface area contributed by atoms with E-state index in [-0.39, 0.29) is 0 Å². The average Bonchev–Trinajstić information content (AvgIpc) is 3.04. The Kier molecular flexibility index (Phi) is 4.04. The van der Waals surface area contributed by atoms with Gasteiger partial charge >= 0.3 is 0 Å². The minimum Gasteiger partial charge on any atom is -0.315 e. The summed E-state index contributed by atoms with van der Waals surface area (Å²) in [7, 11) is 2.27. The molecule has 15 heavy (non-hydrogen) atoms. The second-order valence-corrected chi connectivity index (χ2v) is 5.60. The molecule has 0 aromatic rings. The van der Waals surface area contributed by atoms with E-state index in [1.807, 2.05) is 0 Å². The molecule has 2 rings (SSSR count). The van der Waals surface area contributed by atoms with E-state index in [1.54, 1.807) is 0 Å². The zero-order chi connectivity index (χ0) is 10.7. The summed E-state index contributed by atoms with van der Waals surface area (Å²) < 4.78 is 0. The second-order valence-electron chi connectivity index (χ2n) is 5.60. The first-order chi connectivity index (χ1) is 7.27. The van der Waals surface area contributed by atoms with Crippen molar-refractivity contribution in [2.45, 2.75) is 45.1 Å². The number of likely N-dealkylation sites (tertiary alicyclic amines) is 1. The first-order valence-corrected chi connectivity index (χ1v) is 6.68. The van der Waals surface area contributed by atoms with Crippen LogP contribution in [0.4, 0.5) is 0 Å². The number of piperidine rings is 1. The van der Waals surface area contributed by atoms with E-state index in [0.29, 0.717) is 0 Å². The Balaban J connectivity index is 1.59. The van der Waals surface area contributed by atoms with Crippen LogP contribution in [0.2, 0.25) is 0 Å². The molecule has 0 radical (unpaired) electrons. The third kappa shape index (κ3) is 3.46. The molecule has 1 aliphatic carbocycles. The lowest BCUT2D eigenvalue weighted by Gasteiger charge is -2.32. The fraction of sp³-hybridized carbons (Fsp3) is 1.00. The van der Waals surface area contributed by atoms with Crippen LogP contribution in [0.15, 0.2) is 0 Å². The van der Waals surface area contributed by atoms with Gasteiger partial charge in [-0.2, -0.15) is 0 Å². The number of nitrogens with zero attached hydrogens (tertiary/aromatic N) is 1. The molecule has 88 valence electrons. The highest BCUT2D eigenvalue weighted by Crippen LogP contribution is 2.36. The minimum atomic E-state index is 0.796. The van der Waals surface area contributed by atoms with Gasteiger partial charge in [0.05, 0.1) is 0 Å². The van der Waals surface area contributed by atoms with Crippen molar-refractivity contribution in [2.75, 3.05) is 26.7 Å². The largest absolute Gasteiger partial charge is 0.315 e. The van der Waals surface area contributed by atoms with Crippen molar-refractivity contribution in [2.24, 2.45) is 11.8 Å². The third-order valence-corrected chi connectivity index (χ3v) is 4.19. The minimum absolute atomic E-state index is 0.796. The second kappa shape index (κ2) is 5.31. The normalized spacial score (nSPS) is 30.4. The van der Waals surface area contributed by atoms with Crippen LogP contribution in [0.3, 0.4) is 0 Å². The van der Waals surface area contributed by atoms with E-state index >= 15 is 0 Å². The molecule has 1 saturated heterocycles. The Hall–Kier alpha value is -0.0800. The van der Waals surface area contributed by atoms with Gasteiger partial charge in [0.1, 0.15) is 0 Å². The topological polar surface area (TPSA) is 15.3 Å². The summed E-state index contributed by atoms with van der Waals surface area (Å²) >= 11 is 0. The summed E-state index contributed by atoms with van der Waals surface area (Å²) in [5.74, 6) is 1.94. The van der Waals surface area contributed by atoms with Crippen molar-refractivity contribution in [1.82, 2.24) is 10.2 Å². The molecule has 2 fully saturated rings. The van der Waals surface area contributed by atoms with Crippen molar-refractivity contribution in [3.63, 3.8) is 0 Å². The molecule has 2 aliphatic rings. The fourth-order valence-corrected chi connectivity index (χ4v) is 2.71. The molecule has 1 N–H and O–H groups in total. The van der Waals surface area contributed by atoms with Crippen LogP contribution < -0.4 is 5.32 Å². The standard InChI is InChI=1S/C13H26N2/c1-11(12-6-7-12)9-14-10-13-5-3-4-8-15(13)2/h11-14H,3-10H2,1-2H3. The molecule has 2 unspecified atom stereocenters. The molecule has 2 heteroatoms. The highest BCUT2D eigenvalue weighted by molar-refractivity contribution is 4.81. The Morgan fingerprint density at radius 2 is 2.07 bits per heavy atom. The lowest BCUT2D eigenvalue weighted by molar-refractivity contribution is 0.180. The van der Waals surface area contributed by atoms with E-state index in [4.69, 9.17) is 0 Å². The molecule has 0 aromatic carbocycles. The summed E-state index contributed by atoms with van der Waals surface area (Å²) in [6.07, 6.45) is 7.17. The van der Waals surface area contributed by atoms with Crippen LogP contribution in [0.5, 0.6) is 0 Å². The summed E-state index contributed by atoms with van der Waals surface area (Å²) in [5.41, 5.74) is 0. The van der Waals surface area contributed by atoms with Crippen LogP contribution in [0.25, 0.3) is 0 Å². The third-order valence-electron chi connectivity index (χ3n) is 4.19. The molecular weight excluding hydrogens is 184 g/mol. The quantitative estimate of drug-likeness (QED) is 0.747. The Bertz CT molecular complexity index is 189. The van der Waals surface area contributed by atoms with E-state index < -0.39 is 0 Å². The molecule has 1 saturated carbocycles. The van der Waals surface area contributed by atoms with Crippen molar-refractivity contribution < 1.29 is 0 Å². The molecule has 2 nitrogen and oxygen atoms in total. The number of hydrogen-bond donors (Lipinski definition) is 1. The molecular formula is C13H26N2. The number of likely N-dealkylation sites (N-methyl/N-ethyl adjacent to an activating group) is 1. The smallest absolute Gasteiger partial charge is 0.0217 e. The van der Waals surface area contributed by atoms with Gasteiger partial charge in [-0.1, -0.05) is 13.3 Å². The number of rotatable bonds is 5. The fourth-order valence-electron chi connectivity index (χ4n) is 2.71. The summed E-state index contributed by atoms with van der Waals surface area (Å²) in [4.78, 5) is 2.53. The van der Waals surface area contributed by atoms with Crippen molar-refractivity contribution >= 4 is 0 Å². The van der Waals surface area contributed by atoms with Crippen LogP contribution in [0, 0.1) is 11.8 Å². The van der Waals surface area contributed by atoms with Gasteiger partial charge in [-0.25, -0.2) is 0 Å². The Morgan fingerprint density at radius 3 is 2.73 bits per heavy atom. The summed E-state index contributed by atoms with van der Waals surface area (Å²) in [6.45, 7) is 6.13. The molecule has 0 amide bonds. The van der Waals surface area contributed by atoms with Gasteiger partial charge < -0.3 is 10.2 Å². The van der Waals surface area contributed by atoms with Gasteiger partial charge in [0.25, 0.3) is 0 Å². The highest BCUT2D eigenvalue weighted by atomic mass is 15.2. The lowest BCUT2D eigenvalue weighted by atomic mass is 10.0. The van der Waals surface area contributed by atoms with Crippen LogP contribution >= 0.6 is 0 Å². The van der Waals surface area contributed by atoms with Crippen molar-refractivity contribution in [1.29, 1.82) is 0 Å². The lowest BCUT2D eigenvalue weighted by Crippen LogP contribution is -2.43. The molecule has 1 aliphatic heterocycles. The Morgan fingerprint density at radius 1 is 1.27 bits per heavy atom. The summed E-state index contributed by atoms with van der Waals surface area (Å²) in [6, 6.07) is 0.796. The zero-order valence-electron chi connectivity index (χ0n) is 10.3. The highest BCUT2D eigenvalue weighted by Gasteiger charge is 2.27. The maximum atomic E-state index is 3.66. The van der Waals surface area contributed by atoms with Crippen molar-refractivity contribution in [3.8, 4) is 0 Å². The van der Waals surface area contributed by atoms with Gasteiger partial charge in [-0.05, 0) is 57.7 Å². The van der Waals surface area contributed by atoms with Crippen LogP contribution in [-0.2, 0) is 0 Å². The average molecular weight is 210 g/mol. The maximum Gasteiger partial charge on any atom is 0.0217 e. The zero-order valence-corrected chi connectivity index (χ0v) is 10.3. The monoisotopic (exact) mass is 210 g/mol. The predicted molar refractivity (Wildman–Crippen MR) is 65.0 cm³/mol. The predicted octanol–water partition coefficient (Wildman–Crippen LogP) is 2.11. The molecule has 1 heterocycles. The van der Waals surface area contributed by atoms with Gasteiger partial charge in [0.2, 0.25) is 0 Å². The van der Waals surface area contributed by atoms with E-state index in [9.17, 15) is 0 Å². The molecule has 0 spiro atoms.